The van der Waals surface area contributed by atoms with Crippen molar-refractivity contribution in [2.24, 2.45) is 0 Å². The molecule has 19 heavy (non-hydrogen) atoms. The highest BCUT2D eigenvalue weighted by Crippen LogP contribution is 2.23. The molecule has 106 valence electrons. The van der Waals surface area contributed by atoms with Gasteiger partial charge in [-0.2, -0.15) is 0 Å². The maximum absolute atomic E-state index is 11.9. The molecule has 1 heterocycles. The van der Waals surface area contributed by atoms with Crippen LogP contribution in [0.15, 0.2) is 12.1 Å². The minimum atomic E-state index is -0.868. The Bertz CT molecular complexity index is 450. The number of thioether (sulfide) groups is 1. The topological polar surface area (TPSA) is 57.6 Å². The second-order valence-corrected chi connectivity index (χ2v) is 6.99. The zero-order valence-electron chi connectivity index (χ0n) is 10.8. The Hall–Kier alpha value is -0.720. The highest BCUT2D eigenvalue weighted by molar-refractivity contribution is 8.01. The molecule has 0 aliphatic heterocycles. The van der Waals surface area contributed by atoms with Crippen molar-refractivity contribution in [2.45, 2.75) is 25.1 Å². The van der Waals surface area contributed by atoms with Gasteiger partial charge in [-0.1, -0.05) is 18.5 Å². The van der Waals surface area contributed by atoms with Gasteiger partial charge in [0.05, 0.1) is 16.6 Å². The van der Waals surface area contributed by atoms with E-state index >= 15 is 0 Å². The predicted molar refractivity (Wildman–Crippen MR) is 80.0 cm³/mol. The van der Waals surface area contributed by atoms with Crippen molar-refractivity contribution in [3.05, 3.63) is 21.3 Å². The zero-order chi connectivity index (χ0) is 14.4. The second-order valence-electron chi connectivity index (χ2n) is 4.00. The summed E-state index contributed by atoms with van der Waals surface area (Å²) in [7, 11) is 1.71. The predicted octanol–water partition coefficient (Wildman–Crippen LogP) is 2.96. The third kappa shape index (κ3) is 5.42. The number of hydrogen-bond donors (Lipinski definition) is 1. The van der Waals surface area contributed by atoms with Crippen molar-refractivity contribution < 1.29 is 14.7 Å². The number of nitrogens with zero attached hydrogens (tertiary/aromatic N) is 1. The summed E-state index contributed by atoms with van der Waals surface area (Å²) in [5.41, 5.74) is 0. The van der Waals surface area contributed by atoms with Gasteiger partial charge in [0.1, 0.15) is 5.25 Å². The number of carboxylic acid groups (broad SMARTS) is 1. The van der Waals surface area contributed by atoms with Gasteiger partial charge in [0.25, 0.3) is 0 Å². The third-order valence-corrected chi connectivity index (χ3v) is 5.07. The van der Waals surface area contributed by atoms with Crippen LogP contribution in [0.5, 0.6) is 0 Å². The molecule has 0 bridgehead atoms. The lowest BCUT2D eigenvalue weighted by Gasteiger charge is -2.17. The van der Waals surface area contributed by atoms with Gasteiger partial charge in [-0.3, -0.25) is 9.59 Å². The van der Waals surface area contributed by atoms with E-state index in [-0.39, 0.29) is 11.7 Å². The van der Waals surface area contributed by atoms with E-state index in [0.29, 0.717) is 17.3 Å². The van der Waals surface area contributed by atoms with Gasteiger partial charge < -0.3 is 10.0 Å². The summed E-state index contributed by atoms with van der Waals surface area (Å²) in [4.78, 5) is 25.3. The Labute approximate surface area is 125 Å². The van der Waals surface area contributed by atoms with Crippen LogP contribution >= 0.6 is 34.7 Å². The molecule has 0 saturated heterocycles. The fourth-order valence-corrected chi connectivity index (χ4v) is 3.49. The number of carbonyl (C=O) groups is 2. The summed E-state index contributed by atoms with van der Waals surface area (Å²) in [6.07, 6.45) is 0.511. The van der Waals surface area contributed by atoms with Crippen molar-refractivity contribution in [3.8, 4) is 0 Å². The standard InChI is InChI=1S/C12H16ClNO3S2/c1-3-9(12(16)17)18-7-11(15)14(2)6-8-4-5-10(13)19-8/h4-5,9H,3,6-7H2,1-2H3,(H,16,17). The number of amides is 1. The molecular formula is C12H16ClNO3S2. The minimum Gasteiger partial charge on any atom is -0.480 e. The van der Waals surface area contributed by atoms with Crippen LogP contribution in [0, 0.1) is 0 Å². The molecule has 1 atom stereocenters. The van der Waals surface area contributed by atoms with Gasteiger partial charge in [-0.25, -0.2) is 0 Å². The smallest absolute Gasteiger partial charge is 0.316 e. The molecule has 0 fully saturated rings. The molecule has 0 aromatic carbocycles. The lowest BCUT2D eigenvalue weighted by molar-refractivity contribution is -0.136. The maximum Gasteiger partial charge on any atom is 0.316 e. The van der Waals surface area contributed by atoms with E-state index in [9.17, 15) is 9.59 Å². The molecule has 1 unspecified atom stereocenters. The molecule has 1 aromatic heterocycles. The van der Waals surface area contributed by atoms with E-state index in [1.54, 1.807) is 24.9 Å². The average Bonchev–Trinajstić information content (AvgIpc) is 2.74. The molecule has 0 spiro atoms. The number of halogens is 1. The van der Waals surface area contributed by atoms with Gasteiger partial charge in [-0.05, 0) is 18.6 Å². The molecule has 1 N–H and O–H groups in total. The largest absolute Gasteiger partial charge is 0.480 e. The van der Waals surface area contributed by atoms with Crippen molar-refractivity contribution >= 4 is 46.6 Å². The number of aliphatic carboxylic acids is 1. The first-order valence-electron chi connectivity index (χ1n) is 5.76. The number of rotatable bonds is 7. The summed E-state index contributed by atoms with van der Waals surface area (Å²) in [6, 6.07) is 3.68. The summed E-state index contributed by atoms with van der Waals surface area (Å²) in [5, 5.41) is 8.38. The van der Waals surface area contributed by atoms with Crippen molar-refractivity contribution in [1.29, 1.82) is 0 Å². The second kappa shape index (κ2) is 7.77. The van der Waals surface area contributed by atoms with Crippen LogP contribution < -0.4 is 0 Å². The highest BCUT2D eigenvalue weighted by atomic mass is 35.5. The molecule has 0 radical (unpaired) electrons. The third-order valence-electron chi connectivity index (χ3n) is 2.50. The fourth-order valence-electron chi connectivity index (χ4n) is 1.40. The van der Waals surface area contributed by atoms with Crippen LogP contribution in [0.3, 0.4) is 0 Å². The van der Waals surface area contributed by atoms with Gasteiger partial charge in [-0.15, -0.1) is 23.1 Å². The molecule has 0 aliphatic rings. The molecule has 1 rings (SSSR count). The Kier molecular flexibility index (Phi) is 6.68. The van der Waals surface area contributed by atoms with Gasteiger partial charge in [0.2, 0.25) is 5.91 Å². The number of hydrogen-bond acceptors (Lipinski definition) is 4. The van der Waals surface area contributed by atoms with Crippen molar-refractivity contribution in [3.63, 3.8) is 0 Å². The molecule has 4 nitrogen and oxygen atoms in total. The highest BCUT2D eigenvalue weighted by Gasteiger charge is 2.18. The van der Waals surface area contributed by atoms with Crippen LogP contribution in [0.2, 0.25) is 4.34 Å². The first kappa shape index (κ1) is 16.3. The Morgan fingerprint density at radius 2 is 2.21 bits per heavy atom. The molecule has 0 saturated carbocycles. The van der Waals surface area contributed by atoms with Crippen LogP contribution in [-0.2, 0) is 16.1 Å². The Balaban J connectivity index is 2.42. The molecular weight excluding hydrogens is 306 g/mol. The molecule has 0 aliphatic carbocycles. The number of thiophene rings is 1. The fraction of sp³-hybridized carbons (Fsp3) is 0.500. The van der Waals surface area contributed by atoms with Crippen LogP contribution in [0.1, 0.15) is 18.2 Å². The van der Waals surface area contributed by atoms with E-state index in [1.165, 1.54) is 23.1 Å². The van der Waals surface area contributed by atoms with Crippen LogP contribution in [-0.4, -0.2) is 39.9 Å². The lowest BCUT2D eigenvalue weighted by atomic mass is 10.3. The molecule has 1 amide bonds. The van der Waals surface area contributed by atoms with E-state index in [4.69, 9.17) is 16.7 Å². The number of carbonyl (C=O) groups excluding carboxylic acids is 1. The Morgan fingerprint density at radius 3 is 2.68 bits per heavy atom. The first-order chi connectivity index (χ1) is 8.93. The van der Waals surface area contributed by atoms with Crippen molar-refractivity contribution in [2.75, 3.05) is 12.8 Å². The van der Waals surface area contributed by atoms with Gasteiger partial charge >= 0.3 is 5.97 Å². The summed E-state index contributed by atoms with van der Waals surface area (Å²) in [6.45, 7) is 2.30. The molecule has 1 aromatic rings. The van der Waals surface area contributed by atoms with Gasteiger partial charge in [0, 0.05) is 11.9 Å². The lowest BCUT2D eigenvalue weighted by Crippen LogP contribution is -2.29. The van der Waals surface area contributed by atoms with E-state index in [2.05, 4.69) is 0 Å². The van der Waals surface area contributed by atoms with Crippen LogP contribution in [0.4, 0.5) is 0 Å². The SMILES string of the molecule is CCC(SCC(=O)N(C)Cc1ccc(Cl)s1)C(=O)O. The van der Waals surface area contributed by atoms with E-state index in [0.717, 1.165) is 4.88 Å². The van der Waals surface area contributed by atoms with Crippen LogP contribution in [0.25, 0.3) is 0 Å². The number of carboxylic acids is 1. The summed E-state index contributed by atoms with van der Waals surface area (Å²) >= 11 is 8.43. The van der Waals surface area contributed by atoms with E-state index in [1.807, 2.05) is 6.07 Å². The summed E-state index contributed by atoms with van der Waals surface area (Å²) < 4.78 is 0.696. The van der Waals surface area contributed by atoms with Gasteiger partial charge in [0.15, 0.2) is 0 Å². The maximum atomic E-state index is 11.9. The first-order valence-corrected chi connectivity index (χ1v) is 8.01. The average molecular weight is 322 g/mol. The molecule has 7 heteroatoms. The zero-order valence-corrected chi connectivity index (χ0v) is 13.1. The minimum absolute atomic E-state index is 0.0748. The van der Waals surface area contributed by atoms with Crippen molar-refractivity contribution in [1.82, 2.24) is 4.90 Å². The quantitative estimate of drug-likeness (QED) is 0.839. The Morgan fingerprint density at radius 1 is 1.53 bits per heavy atom. The normalized spacial score (nSPS) is 12.2. The van der Waals surface area contributed by atoms with E-state index < -0.39 is 11.2 Å². The summed E-state index contributed by atoms with van der Waals surface area (Å²) in [5.74, 6) is -0.761. The monoisotopic (exact) mass is 321 g/mol.